The molecule has 0 aliphatic heterocycles. The van der Waals surface area contributed by atoms with Crippen molar-refractivity contribution in [2.75, 3.05) is 6.26 Å². The molecule has 0 bridgehead atoms. The van der Waals surface area contributed by atoms with Crippen LogP contribution in [0.15, 0.2) is 22.6 Å². The highest BCUT2D eigenvalue weighted by molar-refractivity contribution is 8.03. The van der Waals surface area contributed by atoms with E-state index in [0.29, 0.717) is 11.4 Å². The van der Waals surface area contributed by atoms with E-state index in [2.05, 4.69) is 0 Å². The minimum Gasteiger partial charge on any atom is -0.298 e. The fourth-order valence-electron chi connectivity index (χ4n) is 0.858. The molecule has 0 radical (unpaired) electrons. The Kier molecular flexibility index (Phi) is 2.29. The minimum absolute atomic E-state index is 0.344. The van der Waals surface area contributed by atoms with E-state index in [1.54, 1.807) is 0 Å². The van der Waals surface area contributed by atoms with Crippen molar-refractivity contribution in [3.63, 3.8) is 0 Å². The fraction of sp³-hybridized carbons (Fsp3) is 0.250. The van der Waals surface area contributed by atoms with Gasteiger partial charge in [-0.3, -0.25) is 10.8 Å². The van der Waals surface area contributed by atoms with E-state index >= 15 is 0 Å². The lowest BCUT2D eigenvalue weighted by molar-refractivity contribution is 1.43. The normalized spacial score (nSPS) is 18.0. The van der Waals surface area contributed by atoms with Gasteiger partial charge < -0.3 is 0 Å². The van der Waals surface area contributed by atoms with Gasteiger partial charge in [0.15, 0.2) is 0 Å². The van der Waals surface area contributed by atoms with Crippen molar-refractivity contribution < 1.29 is 0 Å². The van der Waals surface area contributed by atoms with Gasteiger partial charge in [0.05, 0.1) is 11.4 Å². The summed E-state index contributed by atoms with van der Waals surface area (Å²) in [6.07, 6.45) is 5.69. The maximum atomic E-state index is 7.53. The molecular weight excluding hydrogens is 156 g/mol. The third kappa shape index (κ3) is 1.43. The topological polar surface area (TPSA) is 47.7 Å². The molecule has 0 saturated heterocycles. The van der Waals surface area contributed by atoms with Crippen LogP contribution in [0.2, 0.25) is 0 Å². The van der Waals surface area contributed by atoms with Crippen LogP contribution in [0, 0.1) is 10.8 Å². The molecule has 0 aromatic heterocycles. The van der Waals surface area contributed by atoms with Crippen molar-refractivity contribution in [2.45, 2.75) is 6.92 Å². The maximum absolute atomic E-state index is 7.53. The van der Waals surface area contributed by atoms with Crippen LogP contribution in [0.5, 0.6) is 0 Å². The summed E-state index contributed by atoms with van der Waals surface area (Å²) in [6, 6.07) is 0. The Morgan fingerprint density at radius 1 is 1.18 bits per heavy atom. The van der Waals surface area contributed by atoms with Crippen LogP contribution in [0.3, 0.4) is 0 Å². The molecule has 2 nitrogen and oxygen atoms in total. The zero-order chi connectivity index (χ0) is 8.43. The van der Waals surface area contributed by atoms with Crippen LogP contribution in [-0.4, -0.2) is 17.7 Å². The monoisotopic (exact) mass is 166 g/mol. The van der Waals surface area contributed by atoms with Crippen molar-refractivity contribution in [2.24, 2.45) is 0 Å². The van der Waals surface area contributed by atoms with Gasteiger partial charge in [-0.25, -0.2) is 0 Å². The van der Waals surface area contributed by atoms with Gasteiger partial charge in [0, 0.05) is 4.91 Å². The zero-order valence-corrected chi connectivity index (χ0v) is 7.38. The number of allylic oxidation sites excluding steroid dienone is 4. The Bertz CT molecular complexity index is 274. The van der Waals surface area contributed by atoms with Gasteiger partial charge in [-0.2, -0.15) is 0 Å². The molecule has 0 fully saturated rings. The zero-order valence-electron chi connectivity index (χ0n) is 6.56. The number of thioether (sulfide) groups is 1. The van der Waals surface area contributed by atoms with E-state index in [1.165, 1.54) is 11.8 Å². The second kappa shape index (κ2) is 3.05. The first-order valence-electron chi connectivity index (χ1n) is 3.27. The fourth-order valence-corrected chi connectivity index (χ4v) is 1.37. The molecule has 2 N–H and O–H groups in total. The molecule has 0 aromatic rings. The Morgan fingerprint density at radius 2 is 1.82 bits per heavy atom. The first-order valence-corrected chi connectivity index (χ1v) is 4.50. The summed E-state index contributed by atoms with van der Waals surface area (Å²) in [4.78, 5) is 0.876. The van der Waals surface area contributed by atoms with Gasteiger partial charge in [0.25, 0.3) is 0 Å². The highest BCUT2D eigenvalue weighted by Crippen LogP contribution is 2.19. The van der Waals surface area contributed by atoms with Crippen LogP contribution < -0.4 is 0 Å². The maximum Gasteiger partial charge on any atom is 0.0927 e. The molecule has 0 unspecified atom stereocenters. The predicted octanol–water partition coefficient (Wildman–Crippen LogP) is 2.23. The van der Waals surface area contributed by atoms with Crippen molar-refractivity contribution in [3.05, 3.63) is 22.6 Å². The molecule has 0 saturated carbocycles. The van der Waals surface area contributed by atoms with Crippen LogP contribution in [0.1, 0.15) is 6.92 Å². The summed E-state index contributed by atoms with van der Waals surface area (Å²) in [5.41, 5.74) is 1.56. The van der Waals surface area contributed by atoms with Crippen LogP contribution in [0.25, 0.3) is 0 Å². The molecular formula is C8H10N2S. The molecule has 0 heterocycles. The largest absolute Gasteiger partial charge is 0.298 e. The Hall–Kier alpha value is -0.830. The van der Waals surface area contributed by atoms with Gasteiger partial charge in [-0.05, 0) is 24.8 Å². The molecule has 1 aliphatic carbocycles. The second-order valence-electron chi connectivity index (χ2n) is 2.33. The van der Waals surface area contributed by atoms with Gasteiger partial charge in [-0.1, -0.05) is 6.08 Å². The Morgan fingerprint density at radius 3 is 2.36 bits per heavy atom. The second-order valence-corrected chi connectivity index (χ2v) is 3.18. The van der Waals surface area contributed by atoms with Crippen LogP contribution in [-0.2, 0) is 0 Å². The third-order valence-electron chi connectivity index (χ3n) is 1.60. The summed E-state index contributed by atoms with van der Waals surface area (Å²) in [7, 11) is 0. The molecule has 0 atom stereocenters. The highest BCUT2D eigenvalue weighted by atomic mass is 32.2. The summed E-state index contributed by atoms with van der Waals surface area (Å²) in [6.45, 7) is 1.85. The lowest BCUT2D eigenvalue weighted by Crippen LogP contribution is -2.16. The highest BCUT2D eigenvalue weighted by Gasteiger charge is 2.14. The molecule has 0 aromatic carbocycles. The lowest BCUT2D eigenvalue weighted by atomic mass is 10.0. The van der Waals surface area contributed by atoms with Crippen molar-refractivity contribution in [3.8, 4) is 0 Å². The van der Waals surface area contributed by atoms with Crippen molar-refractivity contribution in [1.29, 1.82) is 10.8 Å². The predicted molar refractivity (Wildman–Crippen MR) is 50.8 cm³/mol. The Labute approximate surface area is 70.4 Å². The van der Waals surface area contributed by atoms with E-state index in [0.717, 1.165) is 10.5 Å². The molecule has 1 rings (SSSR count). The van der Waals surface area contributed by atoms with Crippen molar-refractivity contribution in [1.82, 2.24) is 0 Å². The number of rotatable bonds is 1. The molecule has 3 heteroatoms. The van der Waals surface area contributed by atoms with E-state index in [9.17, 15) is 0 Å². The first-order chi connectivity index (χ1) is 5.16. The molecule has 11 heavy (non-hydrogen) atoms. The minimum atomic E-state index is 0.344. The van der Waals surface area contributed by atoms with Gasteiger partial charge in [0.1, 0.15) is 0 Å². The number of hydrogen-bond donors (Lipinski definition) is 2. The summed E-state index contributed by atoms with van der Waals surface area (Å²) < 4.78 is 0. The first kappa shape index (κ1) is 8.27. The van der Waals surface area contributed by atoms with E-state index in [4.69, 9.17) is 10.8 Å². The summed E-state index contributed by atoms with van der Waals surface area (Å²) in [5, 5.41) is 15.0. The van der Waals surface area contributed by atoms with Gasteiger partial charge in [0.2, 0.25) is 0 Å². The molecule has 0 spiro atoms. The average Bonchev–Trinajstić information content (AvgIpc) is 2.01. The summed E-state index contributed by atoms with van der Waals surface area (Å²) in [5.74, 6) is 0. The lowest BCUT2D eigenvalue weighted by Gasteiger charge is -2.11. The van der Waals surface area contributed by atoms with Crippen LogP contribution in [0.4, 0.5) is 0 Å². The smallest absolute Gasteiger partial charge is 0.0927 e. The van der Waals surface area contributed by atoms with E-state index < -0.39 is 0 Å². The standard InChI is InChI=1S/C8H10N2S/c1-5-3-4-6(11-2)8(10)7(5)9/h3-4,9-10H,1-2H3. The van der Waals surface area contributed by atoms with Crippen molar-refractivity contribution >= 4 is 23.2 Å². The van der Waals surface area contributed by atoms with Crippen LogP contribution >= 0.6 is 11.8 Å². The SMILES string of the molecule is CSC1=CC=C(C)C(=N)C1=N. The quantitative estimate of drug-likeness (QED) is 0.576. The summed E-state index contributed by atoms with van der Waals surface area (Å²) >= 11 is 1.51. The average molecular weight is 166 g/mol. The molecule has 58 valence electrons. The number of hydrogen-bond acceptors (Lipinski definition) is 3. The van der Waals surface area contributed by atoms with Gasteiger partial charge in [-0.15, -0.1) is 11.8 Å². The van der Waals surface area contributed by atoms with E-state index in [-0.39, 0.29) is 0 Å². The third-order valence-corrected chi connectivity index (χ3v) is 2.38. The molecule has 1 aliphatic rings. The molecule has 0 amide bonds. The number of nitrogens with one attached hydrogen (secondary N) is 2. The Balaban J connectivity index is 3.03. The van der Waals surface area contributed by atoms with E-state index in [1.807, 2.05) is 25.3 Å². The van der Waals surface area contributed by atoms with Gasteiger partial charge >= 0.3 is 0 Å².